The second kappa shape index (κ2) is 5.85. The number of benzene rings is 2. The molecule has 1 aliphatic rings. The number of sulfone groups is 1. The van der Waals surface area contributed by atoms with Gasteiger partial charge in [-0.2, -0.15) is 0 Å². The first-order valence-electron chi connectivity index (χ1n) is 7.35. The molecule has 3 atom stereocenters. The molecule has 2 aromatic rings. The summed E-state index contributed by atoms with van der Waals surface area (Å²) in [7, 11) is -5.70. The molecule has 23 heavy (non-hydrogen) atoms. The Hall–Kier alpha value is -1.50. The molecule has 1 heterocycles. The van der Waals surface area contributed by atoms with Gasteiger partial charge in [-0.25, -0.2) is 8.42 Å². The van der Waals surface area contributed by atoms with Gasteiger partial charge in [-0.15, -0.1) is 0 Å². The lowest BCUT2D eigenvalue weighted by Crippen LogP contribution is -2.34. The third-order valence-corrected chi connectivity index (χ3v) is 8.46. The van der Waals surface area contributed by atoms with Crippen LogP contribution in [0.15, 0.2) is 70.5 Å². The van der Waals surface area contributed by atoms with Crippen LogP contribution in [-0.2, 0) is 25.4 Å². The van der Waals surface area contributed by atoms with Gasteiger partial charge in [0.05, 0.1) is 4.90 Å². The standard InChI is InChI=1S/C17H18O4S2/c1-13(2)16-17(21-16,22(18)14-9-5-3-6-10-14)23(19,20)15-11-7-4-8-12-15/h3-13,16H,1-2H3/t16-,17-,22-/m1/s1. The maximum atomic E-state index is 13.1. The van der Waals surface area contributed by atoms with Crippen molar-refractivity contribution < 1.29 is 17.4 Å². The fraction of sp³-hybridized carbons (Fsp3) is 0.294. The molecule has 0 aliphatic carbocycles. The zero-order valence-electron chi connectivity index (χ0n) is 12.9. The molecule has 1 saturated heterocycles. The van der Waals surface area contributed by atoms with E-state index < -0.39 is 31.0 Å². The Morgan fingerprint density at radius 3 is 2.00 bits per heavy atom. The fourth-order valence-electron chi connectivity index (χ4n) is 2.62. The summed E-state index contributed by atoms with van der Waals surface area (Å²) in [6, 6.07) is 16.7. The molecule has 4 nitrogen and oxygen atoms in total. The predicted octanol–water partition coefficient (Wildman–Crippen LogP) is 2.98. The molecular weight excluding hydrogens is 332 g/mol. The molecule has 1 fully saturated rings. The van der Waals surface area contributed by atoms with Crippen molar-refractivity contribution in [3.63, 3.8) is 0 Å². The van der Waals surface area contributed by atoms with Crippen molar-refractivity contribution in [3.05, 3.63) is 60.7 Å². The summed E-state index contributed by atoms with van der Waals surface area (Å²) < 4.78 is 43.2. The van der Waals surface area contributed by atoms with Gasteiger partial charge in [-0.1, -0.05) is 50.2 Å². The maximum Gasteiger partial charge on any atom is 0.280 e. The molecule has 0 amide bonds. The van der Waals surface area contributed by atoms with Crippen LogP contribution in [0.2, 0.25) is 0 Å². The summed E-state index contributed by atoms with van der Waals surface area (Å²) in [5.41, 5.74) is 0. The van der Waals surface area contributed by atoms with Crippen LogP contribution in [0.25, 0.3) is 0 Å². The van der Waals surface area contributed by atoms with E-state index >= 15 is 0 Å². The van der Waals surface area contributed by atoms with Gasteiger partial charge in [0.2, 0.25) is 9.84 Å². The molecule has 3 rings (SSSR count). The zero-order chi connectivity index (χ0) is 16.7. The van der Waals surface area contributed by atoms with E-state index in [1.807, 2.05) is 13.8 Å². The molecule has 0 saturated carbocycles. The van der Waals surface area contributed by atoms with E-state index in [0.29, 0.717) is 4.90 Å². The number of ether oxygens (including phenoxy) is 1. The van der Waals surface area contributed by atoms with Gasteiger partial charge in [-0.05, 0) is 30.2 Å². The lowest BCUT2D eigenvalue weighted by atomic mass is 10.1. The van der Waals surface area contributed by atoms with Gasteiger partial charge in [0, 0.05) is 4.90 Å². The topological polar surface area (TPSA) is 63.7 Å². The first-order valence-corrected chi connectivity index (χ1v) is 9.99. The molecular formula is C17H18O4S2. The lowest BCUT2D eigenvalue weighted by Gasteiger charge is -2.15. The van der Waals surface area contributed by atoms with Gasteiger partial charge >= 0.3 is 0 Å². The summed E-state index contributed by atoms with van der Waals surface area (Å²) in [5.74, 6) is -0.0545. The first-order chi connectivity index (χ1) is 10.9. The minimum Gasteiger partial charge on any atom is -0.337 e. The van der Waals surface area contributed by atoms with Crippen LogP contribution in [-0.4, -0.2) is 23.0 Å². The molecule has 0 N–H and O–H groups in total. The van der Waals surface area contributed by atoms with Gasteiger partial charge < -0.3 is 4.74 Å². The molecule has 6 heteroatoms. The van der Waals surface area contributed by atoms with E-state index in [-0.39, 0.29) is 10.8 Å². The Morgan fingerprint density at radius 2 is 1.52 bits per heavy atom. The van der Waals surface area contributed by atoms with Crippen LogP contribution < -0.4 is 0 Å². The molecule has 1 aliphatic heterocycles. The van der Waals surface area contributed by atoms with Crippen molar-refractivity contribution in [3.8, 4) is 0 Å². The zero-order valence-corrected chi connectivity index (χ0v) is 14.5. The highest BCUT2D eigenvalue weighted by Crippen LogP contribution is 2.52. The Labute approximate surface area is 138 Å². The van der Waals surface area contributed by atoms with Crippen LogP contribution >= 0.6 is 0 Å². The summed E-state index contributed by atoms with van der Waals surface area (Å²) >= 11 is 0. The molecule has 0 radical (unpaired) electrons. The van der Waals surface area contributed by atoms with Gasteiger partial charge in [-0.3, -0.25) is 4.21 Å². The largest absolute Gasteiger partial charge is 0.337 e. The minimum absolute atomic E-state index is 0.0545. The van der Waals surface area contributed by atoms with E-state index in [2.05, 4.69) is 0 Å². The van der Waals surface area contributed by atoms with Crippen molar-refractivity contribution in [2.24, 2.45) is 5.92 Å². The van der Waals surface area contributed by atoms with E-state index in [4.69, 9.17) is 4.74 Å². The maximum absolute atomic E-state index is 13.1. The summed E-state index contributed by atoms with van der Waals surface area (Å²) in [6.45, 7) is 3.74. The van der Waals surface area contributed by atoms with Crippen LogP contribution in [0.5, 0.6) is 0 Å². The van der Waals surface area contributed by atoms with E-state index in [9.17, 15) is 12.6 Å². The molecule has 2 aromatic carbocycles. The molecule has 0 aromatic heterocycles. The highest BCUT2D eigenvalue weighted by Gasteiger charge is 2.72. The smallest absolute Gasteiger partial charge is 0.280 e. The van der Waals surface area contributed by atoms with Crippen molar-refractivity contribution in [1.29, 1.82) is 0 Å². The summed E-state index contributed by atoms with van der Waals surface area (Å²) in [6.07, 6.45) is -0.589. The lowest BCUT2D eigenvalue weighted by molar-refractivity contribution is 0.341. The Kier molecular flexibility index (Phi) is 4.16. The quantitative estimate of drug-likeness (QED) is 0.778. The van der Waals surface area contributed by atoms with Gasteiger partial charge in [0.25, 0.3) is 4.27 Å². The van der Waals surface area contributed by atoms with Crippen LogP contribution in [0, 0.1) is 5.92 Å². The molecule has 0 spiro atoms. The van der Waals surface area contributed by atoms with Crippen molar-refractivity contribution >= 4 is 20.6 Å². The highest BCUT2D eigenvalue weighted by molar-refractivity contribution is 8.07. The monoisotopic (exact) mass is 350 g/mol. The highest BCUT2D eigenvalue weighted by atomic mass is 32.3. The van der Waals surface area contributed by atoms with E-state index in [1.54, 1.807) is 48.5 Å². The van der Waals surface area contributed by atoms with Crippen LogP contribution in [0.1, 0.15) is 13.8 Å². The molecule has 0 bridgehead atoms. The third-order valence-electron chi connectivity index (χ3n) is 3.83. The number of rotatable bonds is 5. The molecule has 122 valence electrons. The third kappa shape index (κ3) is 2.55. The van der Waals surface area contributed by atoms with Gasteiger partial charge in [0.15, 0.2) is 0 Å². The first kappa shape index (κ1) is 16.4. The normalized spacial score (nSPS) is 25.3. The number of epoxide rings is 1. The van der Waals surface area contributed by atoms with Crippen molar-refractivity contribution in [2.45, 2.75) is 34.0 Å². The van der Waals surface area contributed by atoms with Crippen molar-refractivity contribution in [1.82, 2.24) is 0 Å². The van der Waals surface area contributed by atoms with Crippen molar-refractivity contribution in [2.75, 3.05) is 0 Å². The van der Waals surface area contributed by atoms with E-state index in [0.717, 1.165) is 0 Å². The van der Waals surface area contributed by atoms with E-state index in [1.165, 1.54) is 12.1 Å². The fourth-order valence-corrected chi connectivity index (χ4v) is 7.06. The second-order valence-corrected chi connectivity index (χ2v) is 9.74. The average Bonchev–Trinajstić information content (AvgIpc) is 3.33. The Morgan fingerprint density at radius 1 is 1.00 bits per heavy atom. The minimum atomic E-state index is -3.89. The summed E-state index contributed by atoms with van der Waals surface area (Å²) in [4.78, 5) is 0.586. The number of hydrogen-bond donors (Lipinski definition) is 0. The Balaban J connectivity index is 2.12. The molecule has 0 unspecified atom stereocenters. The Bertz CT molecular complexity index is 816. The van der Waals surface area contributed by atoms with Gasteiger partial charge in [0.1, 0.15) is 16.9 Å². The van der Waals surface area contributed by atoms with Crippen LogP contribution in [0.4, 0.5) is 0 Å². The predicted molar refractivity (Wildman–Crippen MR) is 88.9 cm³/mol. The number of hydrogen-bond acceptors (Lipinski definition) is 4. The van der Waals surface area contributed by atoms with Crippen LogP contribution in [0.3, 0.4) is 0 Å². The summed E-state index contributed by atoms with van der Waals surface area (Å²) in [5, 5.41) is 0. The SMILES string of the molecule is CC(C)[C@H]1O[C@]1([S@](=O)c1ccccc1)S(=O)(=O)c1ccccc1. The average molecular weight is 350 g/mol. The second-order valence-electron chi connectivity index (χ2n) is 5.78.